The number of ether oxygens (including phenoxy) is 4. The Morgan fingerprint density at radius 3 is 0.915 bits per heavy atom. The van der Waals surface area contributed by atoms with E-state index in [9.17, 15) is 43.2 Å². The van der Waals surface area contributed by atoms with E-state index in [1.165, 1.54) is 64.2 Å². The highest BCUT2D eigenvalue weighted by atomic mass is 31.2. The van der Waals surface area contributed by atoms with Gasteiger partial charge in [0.1, 0.15) is 19.3 Å². The van der Waals surface area contributed by atoms with Gasteiger partial charge in [-0.2, -0.15) is 0 Å². The smallest absolute Gasteiger partial charge is 0.462 e. The highest BCUT2D eigenvalue weighted by molar-refractivity contribution is 7.47. The number of carbonyl (C=O) groups is 4. The molecule has 544 valence electrons. The lowest BCUT2D eigenvalue weighted by molar-refractivity contribution is -0.161. The summed E-state index contributed by atoms with van der Waals surface area (Å²) in [6.45, 7) is 4.63. The van der Waals surface area contributed by atoms with Crippen LogP contribution in [-0.4, -0.2) is 96.7 Å². The third kappa shape index (κ3) is 66.8. The molecule has 0 aromatic carbocycles. The summed E-state index contributed by atoms with van der Waals surface area (Å²) >= 11 is 0. The summed E-state index contributed by atoms with van der Waals surface area (Å²) in [4.78, 5) is 72.6. The first-order valence-corrected chi connectivity index (χ1v) is 39.8. The van der Waals surface area contributed by atoms with Crippen LogP contribution < -0.4 is 0 Å². The Hall–Kier alpha value is -3.76. The van der Waals surface area contributed by atoms with Crippen LogP contribution in [0.2, 0.25) is 0 Å². The maximum atomic E-state index is 13.0. The van der Waals surface area contributed by atoms with Crippen LogP contribution in [0.4, 0.5) is 0 Å². The molecule has 0 amide bonds. The van der Waals surface area contributed by atoms with Crippen LogP contribution in [0.1, 0.15) is 310 Å². The Kier molecular flexibility index (Phi) is 65.1. The van der Waals surface area contributed by atoms with Crippen LogP contribution in [0.25, 0.3) is 0 Å². The van der Waals surface area contributed by atoms with Crippen molar-refractivity contribution in [2.75, 3.05) is 39.6 Å². The van der Waals surface area contributed by atoms with Gasteiger partial charge in [0.2, 0.25) is 0 Å². The van der Waals surface area contributed by atoms with Crippen LogP contribution in [0, 0.1) is 0 Å². The summed E-state index contributed by atoms with van der Waals surface area (Å²) in [5.41, 5.74) is 0. The summed E-state index contributed by atoms with van der Waals surface area (Å²) in [7, 11) is -9.94. The first kappa shape index (κ1) is 90.2. The van der Waals surface area contributed by atoms with E-state index in [4.69, 9.17) is 37.0 Å². The minimum absolute atomic E-state index is 0.0736. The van der Waals surface area contributed by atoms with Crippen molar-refractivity contribution in [2.24, 2.45) is 0 Å². The summed E-state index contributed by atoms with van der Waals surface area (Å²) in [6.07, 6.45) is 67.3. The highest BCUT2D eigenvalue weighted by Crippen LogP contribution is 2.45. The molecule has 94 heavy (non-hydrogen) atoms. The number of aliphatic hydroxyl groups is 1. The fraction of sp³-hybridized carbons (Fsp3) is 0.760. The first-order chi connectivity index (χ1) is 45.7. The van der Waals surface area contributed by atoms with Crippen molar-refractivity contribution in [3.05, 3.63) is 85.1 Å². The van der Waals surface area contributed by atoms with Crippen LogP contribution >= 0.6 is 15.6 Å². The van der Waals surface area contributed by atoms with E-state index in [0.29, 0.717) is 25.7 Å². The number of esters is 4. The molecule has 5 atom stereocenters. The van der Waals surface area contributed by atoms with Crippen LogP contribution in [-0.2, 0) is 65.4 Å². The van der Waals surface area contributed by atoms with Crippen molar-refractivity contribution >= 4 is 39.5 Å². The molecule has 0 aliphatic carbocycles. The lowest BCUT2D eigenvalue weighted by Gasteiger charge is -2.21. The zero-order valence-electron chi connectivity index (χ0n) is 59.1. The molecule has 17 nitrogen and oxygen atoms in total. The molecule has 0 bridgehead atoms. The lowest BCUT2D eigenvalue weighted by atomic mass is 10.1. The highest BCUT2D eigenvalue weighted by Gasteiger charge is 2.30. The van der Waals surface area contributed by atoms with Crippen molar-refractivity contribution in [3.63, 3.8) is 0 Å². The Morgan fingerprint density at radius 2 is 0.574 bits per heavy atom. The maximum absolute atomic E-state index is 13.0. The molecule has 0 rings (SSSR count). The zero-order chi connectivity index (χ0) is 69.0. The SMILES string of the molecule is CC/C=C\C/C=C\C/C=C\C/C=C\CCCCCCC(=O)OCC(COP(=O)(O)OCC(O)COP(=O)(O)OCC(COC(=O)CCCCCCC/C=C\CCCCCC)OC(=O)CCCCCCCCCCCCC)OC(=O)CCCCCCC/C=C\C/C=C\CCC. The van der Waals surface area contributed by atoms with Crippen molar-refractivity contribution in [2.45, 2.75) is 329 Å². The van der Waals surface area contributed by atoms with Crippen LogP contribution in [0.3, 0.4) is 0 Å². The lowest BCUT2D eigenvalue weighted by Crippen LogP contribution is -2.30. The molecule has 3 N–H and O–H groups in total. The van der Waals surface area contributed by atoms with Crippen molar-refractivity contribution in [1.29, 1.82) is 0 Å². The van der Waals surface area contributed by atoms with E-state index in [0.717, 1.165) is 167 Å². The van der Waals surface area contributed by atoms with Gasteiger partial charge >= 0.3 is 39.5 Å². The van der Waals surface area contributed by atoms with Gasteiger partial charge in [-0.15, -0.1) is 0 Å². The van der Waals surface area contributed by atoms with Gasteiger partial charge in [0, 0.05) is 25.7 Å². The minimum atomic E-state index is -4.98. The molecular weight excluding hydrogens is 1230 g/mol. The number of carbonyl (C=O) groups excluding carboxylic acids is 4. The van der Waals surface area contributed by atoms with E-state index < -0.39 is 97.5 Å². The predicted molar refractivity (Wildman–Crippen MR) is 381 cm³/mol. The topological polar surface area (TPSA) is 237 Å². The summed E-state index contributed by atoms with van der Waals surface area (Å²) in [5, 5.41) is 10.6. The van der Waals surface area contributed by atoms with Gasteiger partial charge in [0.15, 0.2) is 12.2 Å². The summed E-state index contributed by atoms with van der Waals surface area (Å²) < 4.78 is 68.3. The second-order valence-corrected chi connectivity index (χ2v) is 27.4. The van der Waals surface area contributed by atoms with Crippen LogP contribution in [0.5, 0.6) is 0 Å². The van der Waals surface area contributed by atoms with E-state index >= 15 is 0 Å². The van der Waals surface area contributed by atoms with Crippen molar-refractivity contribution < 1.29 is 80.2 Å². The van der Waals surface area contributed by atoms with E-state index in [1.807, 2.05) is 0 Å². The fourth-order valence-corrected chi connectivity index (χ4v) is 11.3. The molecule has 19 heteroatoms. The Bertz CT molecular complexity index is 2120. The first-order valence-electron chi connectivity index (χ1n) is 36.8. The number of allylic oxidation sites excluding steroid dienone is 14. The van der Waals surface area contributed by atoms with Gasteiger partial charge in [-0.25, -0.2) is 9.13 Å². The molecule has 0 aromatic rings. The van der Waals surface area contributed by atoms with E-state index in [-0.39, 0.29) is 25.7 Å². The second kappa shape index (κ2) is 67.8. The molecule has 0 spiro atoms. The van der Waals surface area contributed by atoms with Gasteiger partial charge in [0.05, 0.1) is 26.4 Å². The molecule has 0 heterocycles. The average molecular weight is 1370 g/mol. The summed E-state index contributed by atoms with van der Waals surface area (Å²) in [6, 6.07) is 0. The standard InChI is InChI=1S/C75H132O17P2/c1-5-9-13-17-21-25-29-32-33-34-35-38-41-44-48-52-56-60-73(78)86-66-71(92-75(80)62-58-54-50-46-42-37-31-27-23-19-15-11-7-3)68-90-94(83,84)88-64-69(76)63-87-93(81,82)89-67-70(91-74(79)61-57-53-49-45-39-28-24-20-16-12-8-4)65-85-72(77)59-55-51-47-43-40-36-30-26-22-18-14-10-6-2/h9,13,15,19,21,25-27,30-33,35,38,69-71,76H,5-8,10-12,14,16-18,20,22-24,28-29,34,36-37,39-68H2,1-4H3,(H,81,82)(H,83,84)/b13-9-,19-15-,25-21-,30-26-,31-27-,33-32-,38-35-. The minimum Gasteiger partial charge on any atom is -0.462 e. The number of hydrogen-bond donors (Lipinski definition) is 3. The third-order valence-electron chi connectivity index (χ3n) is 15.3. The molecule has 0 radical (unpaired) electrons. The molecule has 0 saturated heterocycles. The number of aliphatic hydroxyl groups excluding tert-OH is 1. The molecule has 0 aromatic heterocycles. The molecule has 0 aliphatic rings. The predicted octanol–water partition coefficient (Wildman–Crippen LogP) is 20.7. The molecule has 0 aliphatic heterocycles. The van der Waals surface area contributed by atoms with Gasteiger partial charge in [0.25, 0.3) is 0 Å². The monoisotopic (exact) mass is 1370 g/mol. The van der Waals surface area contributed by atoms with Crippen molar-refractivity contribution in [1.82, 2.24) is 0 Å². The molecule has 5 unspecified atom stereocenters. The number of rotatable bonds is 69. The molecular formula is C75H132O17P2. The van der Waals surface area contributed by atoms with Gasteiger partial charge in [-0.3, -0.25) is 37.3 Å². The largest absolute Gasteiger partial charge is 0.472 e. The Labute approximate surface area is 570 Å². The second-order valence-electron chi connectivity index (χ2n) is 24.5. The number of phosphoric ester groups is 2. The Morgan fingerprint density at radius 1 is 0.309 bits per heavy atom. The van der Waals surface area contributed by atoms with Crippen molar-refractivity contribution in [3.8, 4) is 0 Å². The van der Waals surface area contributed by atoms with E-state index in [1.54, 1.807) is 0 Å². The van der Waals surface area contributed by atoms with Gasteiger partial charge in [-0.05, 0) is 116 Å². The molecule has 0 fully saturated rings. The third-order valence-corrected chi connectivity index (χ3v) is 17.2. The number of phosphoric acid groups is 2. The fourth-order valence-electron chi connectivity index (χ4n) is 9.71. The van der Waals surface area contributed by atoms with E-state index in [2.05, 4.69) is 113 Å². The molecule has 0 saturated carbocycles. The number of unbranched alkanes of at least 4 members (excludes halogenated alkanes) is 29. The Balaban J connectivity index is 5.33. The zero-order valence-corrected chi connectivity index (χ0v) is 60.9. The quantitative estimate of drug-likeness (QED) is 0.0169. The normalized spacial score (nSPS) is 14.5. The van der Waals surface area contributed by atoms with Gasteiger partial charge in [-0.1, -0.05) is 254 Å². The number of hydrogen-bond acceptors (Lipinski definition) is 15. The summed E-state index contributed by atoms with van der Waals surface area (Å²) in [5.74, 6) is -2.21. The maximum Gasteiger partial charge on any atom is 0.472 e. The average Bonchev–Trinajstić information content (AvgIpc) is 2.15. The van der Waals surface area contributed by atoms with Crippen LogP contribution in [0.15, 0.2) is 85.1 Å². The van der Waals surface area contributed by atoms with Gasteiger partial charge < -0.3 is 33.8 Å².